The summed E-state index contributed by atoms with van der Waals surface area (Å²) in [5, 5.41) is 3.51. The van der Waals surface area contributed by atoms with Crippen molar-refractivity contribution in [2.75, 3.05) is 19.7 Å². The van der Waals surface area contributed by atoms with Crippen molar-refractivity contribution in [2.45, 2.75) is 30.8 Å². The summed E-state index contributed by atoms with van der Waals surface area (Å²) in [7, 11) is -4.71. The van der Waals surface area contributed by atoms with Crippen LogP contribution in [0.2, 0.25) is 0 Å². The van der Waals surface area contributed by atoms with Crippen LogP contribution in [-0.2, 0) is 16.3 Å². The Bertz CT molecular complexity index is 1070. The Balaban J connectivity index is 1.71. The maximum Gasteiger partial charge on any atom is 0.417 e. The number of hydrazone groups is 1. The molecule has 0 spiro atoms. The Kier molecular flexibility index (Phi) is 7.17. The minimum Gasteiger partial charge on any atom is -0.493 e. The molecule has 1 fully saturated rings. The van der Waals surface area contributed by atoms with Crippen LogP contribution in [-0.4, -0.2) is 39.4 Å². The molecule has 0 bridgehead atoms. The molecule has 0 amide bonds. The van der Waals surface area contributed by atoms with Gasteiger partial charge in [-0.25, -0.2) is 0 Å². The van der Waals surface area contributed by atoms with Gasteiger partial charge in [-0.1, -0.05) is 12.1 Å². The second kappa shape index (κ2) is 9.68. The zero-order chi connectivity index (χ0) is 23.4. The first-order valence-electron chi connectivity index (χ1n) is 9.91. The molecule has 0 aromatic heterocycles. The van der Waals surface area contributed by atoms with E-state index in [2.05, 4.69) is 5.10 Å². The highest BCUT2D eigenvalue weighted by Crippen LogP contribution is 2.35. The number of piperidine rings is 1. The molecule has 3 rings (SSSR count). The second-order valence-electron chi connectivity index (χ2n) is 7.57. The lowest BCUT2D eigenvalue weighted by Gasteiger charge is -2.30. The van der Waals surface area contributed by atoms with Crippen molar-refractivity contribution in [2.24, 2.45) is 16.9 Å². The number of nitrogens with two attached hydrogens (primary N) is 1. The van der Waals surface area contributed by atoms with E-state index in [1.807, 2.05) is 4.90 Å². The molecule has 0 saturated carbocycles. The highest BCUT2D eigenvalue weighted by atomic mass is 32.2. The Morgan fingerprint density at radius 3 is 2.47 bits per heavy atom. The van der Waals surface area contributed by atoms with Crippen LogP contribution in [0.4, 0.5) is 13.2 Å². The first-order valence-corrected chi connectivity index (χ1v) is 11.3. The van der Waals surface area contributed by atoms with Gasteiger partial charge in [-0.3, -0.25) is 0 Å². The van der Waals surface area contributed by atoms with E-state index in [1.165, 1.54) is 18.2 Å². The van der Waals surface area contributed by atoms with Gasteiger partial charge in [-0.15, -0.1) is 0 Å². The molecule has 2 N–H and O–H groups in total. The monoisotopic (exact) mass is 471 g/mol. The number of alkyl halides is 3. The molecule has 11 heteroatoms. The summed E-state index contributed by atoms with van der Waals surface area (Å²) < 4.78 is 75.8. The van der Waals surface area contributed by atoms with Crippen molar-refractivity contribution < 1.29 is 30.5 Å². The average Bonchev–Trinajstić information content (AvgIpc) is 2.72. The van der Waals surface area contributed by atoms with Crippen LogP contribution in [0.1, 0.15) is 24.0 Å². The third-order valence-electron chi connectivity index (χ3n) is 5.06. The summed E-state index contributed by atoms with van der Waals surface area (Å²) in [6.45, 7) is 3.72. The van der Waals surface area contributed by atoms with E-state index < -0.39 is 26.8 Å². The number of benzene rings is 2. The summed E-state index contributed by atoms with van der Waals surface area (Å²) >= 11 is 0. The smallest absolute Gasteiger partial charge is 0.417 e. The zero-order valence-corrected chi connectivity index (χ0v) is 18.2. The lowest BCUT2D eigenvalue weighted by molar-refractivity contribution is -0.139. The fraction of sp³-hybridized carbons (Fsp3) is 0.381. The number of rotatable bonds is 7. The summed E-state index contributed by atoms with van der Waals surface area (Å²) in [6, 6.07) is 8.38. The summed E-state index contributed by atoms with van der Waals surface area (Å²) in [6.07, 6.45) is -1.48. The van der Waals surface area contributed by atoms with Crippen molar-refractivity contribution in [3.05, 3.63) is 53.6 Å². The third-order valence-corrected chi connectivity index (χ3v) is 6.36. The zero-order valence-electron chi connectivity index (χ0n) is 17.4. The molecule has 2 aromatic rings. The van der Waals surface area contributed by atoms with E-state index in [-0.39, 0.29) is 5.75 Å². The molecule has 0 atom stereocenters. The minimum atomic E-state index is -4.83. The number of likely N-dealkylation sites (tertiary alicyclic amines) is 1. The first kappa shape index (κ1) is 23.7. The van der Waals surface area contributed by atoms with Gasteiger partial charge in [0.15, 0.2) is 0 Å². The van der Waals surface area contributed by atoms with Crippen LogP contribution >= 0.6 is 0 Å². The molecule has 0 aliphatic carbocycles. The van der Waals surface area contributed by atoms with E-state index in [1.54, 1.807) is 19.3 Å². The lowest BCUT2D eigenvalue weighted by atomic mass is 9.98. The van der Waals surface area contributed by atoms with Crippen molar-refractivity contribution in [1.29, 1.82) is 0 Å². The van der Waals surface area contributed by atoms with E-state index in [4.69, 9.17) is 14.8 Å². The standard InChI is InChI=1S/C21H24F3N3O4S/c1-15-10-17(30-13-16-6-8-27(9-7-16)14-26-25)12-18(11-15)31-32(28,29)20-5-3-2-4-19(20)21(22,23)24/h2-5,10-12,14,16H,6-9,13,25H2,1H3. The van der Waals surface area contributed by atoms with Gasteiger partial charge in [-0.05, 0) is 55.5 Å². The molecule has 174 valence electrons. The molecule has 1 aliphatic rings. The topological polar surface area (TPSA) is 94.2 Å². The van der Waals surface area contributed by atoms with E-state index >= 15 is 0 Å². The number of halogens is 3. The van der Waals surface area contributed by atoms with Crippen molar-refractivity contribution >= 4 is 16.5 Å². The van der Waals surface area contributed by atoms with Gasteiger partial charge in [-0.2, -0.15) is 26.7 Å². The molecule has 1 aliphatic heterocycles. The summed E-state index contributed by atoms with van der Waals surface area (Å²) in [5.74, 6) is 5.72. The predicted molar refractivity (Wildman–Crippen MR) is 113 cm³/mol. The molecular formula is C21H24F3N3O4S. The Morgan fingerprint density at radius 2 is 1.81 bits per heavy atom. The molecule has 32 heavy (non-hydrogen) atoms. The number of aryl methyl sites for hydroxylation is 1. The van der Waals surface area contributed by atoms with Gasteiger partial charge in [0.1, 0.15) is 22.7 Å². The van der Waals surface area contributed by atoms with Gasteiger partial charge >= 0.3 is 16.3 Å². The maximum absolute atomic E-state index is 13.2. The fourth-order valence-corrected chi connectivity index (χ4v) is 4.62. The summed E-state index contributed by atoms with van der Waals surface area (Å²) in [5.41, 5.74) is -0.638. The van der Waals surface area contributed by atoms with Crippen LogP contribution < -0.4 is 14.8 Å². The quantitative estimate of drug-likeness (QED) is 0.217. The Hall–Kier alpha value is -2.95. The molecule has 1 heterocycles. The van der Waals surface area contributed by atoms with E-state index in [9.17, 15) is 21.6 Å². The molecule has 0 unspecified atom stereocenters. The third kappa shape index (κ3) is 6.06. The van der Waals surface area contributed by atoms with Gasteiger partial charge in [0, 0.05) is 19.2 Å². The number of nitrogens with zero attached hydrogens (tertiary/aromatic N) is 2. The number of hydrogen-bond acceptors (Lipinski definition) is 6. The molecule has 1 saturated heterocycles. The Morgan fingerprint density at radius 1 is 1.16 bits per heavy atom. The maximum atomic E-state index is 13.2. The van der Waals surface area contributed by atoms with Gasteiger partial charge in [0.25, 0.3) is 0 Å². The van der Waals surface area contributed by atoms with E-state index in [0.717, 1.165) is 38.1 Å². The summed E-state index contributed by atoms with van der Waals surface area (Å²) in [4.78, 5) is 1.07. The van der Waals surface area contributed by atoms with Gasteiger partial charge in [0.05, 0.1) is 12.2 Å². The van der Waals surface area contributed by atoms with Crippen LogP contribution in [0.3, 0.4) is 0 Å². The van der Waals surface area contributed by atoms with Crippen molar-refractivity contribution in [3.63, 3.8) is 0 Å². The SMILES string of the molecule is Cc1cc(OCC2CCN(C=NN)CC2)cc(OS(=O)(=O)c2ccccc2C(F)(F)F)c1. The normalized spacial score (nSPS) is 15.8. The van der Waals surface area contributed by atoms with Crippen LogP contribution in [0.15, 0.2) is 52.5 Å². The van der Waals surface area contributed by atoms with Crippen molar-refractivity contribution in [3.8, 4) is 11.5 Å². The number of hydrogen-bond donors (Lipinski definition) is 1. The van der Waals surface area contributed by atoms with Crippen LogP contribution in [0.25, 0.3) is 0 Å². The van der Waals surface area contributed by atoms with Crippen LogP contribution in [0, 0.1) is 12.8 Å². The van der Waals surface area contributed by atoms with Crippen molar-refractivity contribution in [1.82, 2.24) is 4.90 Å². The predicted octanol–water partition coefficient (Wildman–Crippen LogP) is 3.77. The highest BCUT2D eigenvalue weighted by molar-refractivity contribution is 7.87. The lowest BCUT2D eigenvalue weighted by Crippen LogP contribution is -2.34. The second-order valence-corrected chi connectivity index (χ2v) is 9.08. The highest BCUT2D eigenvalue weighted by Gasteiger charge is 2.37. The van der Waals surface area contributed by atoms with Gasteiger partial charge in [0.2, 0.25) is 0 Å². The molecule has 7 nitrogen and oxygen atoms in total. The van der Waals surface area contributed by atoms with Crippen LogP contribution in [0.5, 0.6) is 11.5 Å². The number of ether oxygens (including phenoxy) is 1. The molecule has 2 aromatic carbocycles. The van der Waals surface area contributed by atoms with E-state index in [0.29, 0.717) is 29.9 Å². The first-order chi connectivity index (χ1) is 15.1. The molecule has 0 radical (unpaired) electrons. The van der Waals surface area contributed by atoms with Gasteiger partial charge < -0.3 is 19.7 Å². The molecular weight excluding hydrogens is 447 g/mol. The largest absolute Gasteiger partial charge is 0.493 e. The minimum absolute atomic E-state index is 0.119. The Labute approximate surface area is 184 Å². The average molecular weight is 472 g/mol. The fourth-order valence-electron chi connectivity index (χ4n) is 3.48.